The highest BCUT2D eigenvalue weighted by atomic mass is 16.7. The summed E-state index contributed by atoms with van der Waals surface area (Å²) < 4.78 is 23.9. The van der Waals surface area contributed by atoms with E-state index >= 15 is 14.4 Å². The third-order valence-electron chi connectivity index (χ3n) is 14.5. The number of piperazine rings is 1. The molecule has 0 aromatic heterocycles. The number of fused-ring (bicyclic) bond motifs is 4. The first-order chi connectivity index (χ1) is 34.8. The van der Waals surface area contributed by atoms with Crippen LogP contribution in [0.1, 0.15) is 57.1 Å². The minimum absolute atomic E-state index is 0.0499. The second kappa shape index (κ2) is 19.7. The molecule has 0 bridgehead atoms. The van der Waals surface area contributed by atoms with Crippen molar-refractivity contribution in [1.29, 1.82) is 0 Å². The Labute approximate surface area is 413 Å². The number of hydrogen-bond acceptors (Lipinski definition) is 11. The van der Waals surface area contributed by atoms with E-state index in [-0.39, 0.29) is 25.9 Å². The fourth-order valence-electron chi connectivity index (χ4n) is 11.4. The van der Waals surface area contributed by atoms with Gasteiger partial charge in [0.25, 0.3) is 0 Å². The van der Waals surface area contributed by atoms with Crippen molar-refractivity contribution in [2.45, 2.75) is 42.7 Å². The van der Waals surface area contributed by atoms with Gasteiger partial charge < -0.3 is 34.3 Å². The average Bonchev–Trinajstić information content (AvgIpc) is 4.09. The van der Waals surface area contributed by atoms with E-state index in [2.05, 4.69) is 44.0 Å². The smallest absolute Gasteiger partial charge is 0.324 e. The van der Waals surface area contributed by atoms with Crippen molar-refractivity contribution in [1.82, 2.24) is 19.6 Å². The second-order valence-electron chi connectivity index (χ2n) is 18.9. The van der Waals surface area contributed by atoms with Crippen LogP contribution < -0.4 is 19.5 Å². The molecule has 3 fully saturated rings. The van der Waals surface area contributed by atoms with Crippen molar-refractivity contribution in [2.24, 2.45) is 5.92 Å². The number of nitrogens with one attached hydrogen (secondary N) is 1. The topological polar surface area (TPSA) is 133 Å². The van der Waals surface area contributed by atoms with Gasteiger partial charge in [0.05, 0.1) is 31.2 Å². The Morgan fingerprint density at radius 1 is 0.775 bits per heavy atom. The molecule has 2 amide bonds. The van der Waals surface area contributed by atoms with Crippen molar-refractivity contribution in [3.8, 4) is 29.1 Å². The summed E-state index contributed by atoms with van der Waals surface area (Å²) in [6, 6.07) is 46.1. The van der Waals surface area contributed by atoms with E-state index in [1.807, 2.05) is 145 Å². The maximum absolute atomic E-state index is 16.1. The van der Waals surface area contributed by atoms with Crippen LogP contribution in [0.15, 0.2) is 152 Å². The molecule has 6 atom stereocenters. The molecule has 11 rings (SSSR count). The standard InChI is InChI=1S/C58H55N5O8/c1-60(36-40-13-5-2-6-14-40)26-12-15-39-22-24-47-46(33-39)58(57(67)59-47)50(55(65)62-29-27-61(28-30-62)37-41-23-25-48-49(34-41)70-38-69-48)52-56(66)71-53(43-18-9-4-10-19-43)51(42-16-7-3-8-17-42)63(52)54(58)44-20-11-21-45(35-44)68-32-31-64/h2-11,13-14,16-25,33-35,50-54,64H,26-32,36-38H2,1H3,(H,59,67)/t50-,51-,52-,53+,54+,58-/m0/s1. The van der Waals surface area contributed by atoms with Crippen LogP contribution in [-0.2, 0) is 37.6 Å². The van der Waals surface area contributed by atoms with Crippen LogP contribution in [0.5, 0.6) is 17.2 Å². The van der Waals surface area contributed by atoms with Gasteiger partial charge in [-0.25, -0.2) is 0 Å². The number of hydrogen-bond donors (Lipinski definition) is 2. The van der Waals surface area contributed by atoms with Crippen LogP contribution in [0.4, 0.5) is 5.69 Å². The summed E-state index contributed by atoms with van der Waals surface area (Å²) >= 11 is 0. The minimum atomic E-state index is -1.68. The lowest BCUT2D eigenvalue weighted by molar-refractivity contribution is -0.179. The number of benzene rings is 6. The first-order valence-corrected chi connectivity index (χ1v) is 24.3. The van der Waals surface area contributed by atoms with Crippen molar-refractivity contribution in [3.05, 3.63) is 191 Å². The van der Waals surface area contributed by atoms with E-state index in [1.165, 1.54) is 5.56 Å². The summed E-state index contributed by atoms with van der Waals surface area (Å²) in [5.74, 6) is 6.14. The molecule has 2 N–H and O–H groups in total. The number of anilines is 1. The van der Waals surface area contributed by atoms with Gasteiger partial charge in [-0.15, -0.1) is 0 Å². The predicted molar refractivity (Wildman–Crippen MR) is 266 cm³/mol. The number of nitrogens with zero attached hydrogens (tertiary/aromatic N) is 4. The van der Waals surface area contributed by atoms with Crippen LogP contribution in [0, 0.1) is 17.8 Å². The number of aliphatic hydroxyl groups excluding tert-OH is 1. The summed E-state index contributed by atoms with van der Waals surface area (Å²) in [4.78, 5) is 55.8. The molecular weight excluding hydrogens is 895 g/mol. The van der Waals surface area contributed by atoms with E-state index in [0.717, 1.165) is 34.7 Å². The van der Waals surface area contributed by atoms with Crippen LogP contribution in [0.3, 0.4) is 0 Å². The Bertz CT molecular complexity index is 2990. The average molecular weight is 950 g/mol. The van der Waals surface area contributed by atoms with Gasteiger partial charge in [0.1, 0.15) is 29.9 Å². The quantitative estimate of drug-likeness (QED) is 0.0983. The molecule has 6 aromatic carbocycles. The van der Waals surface area contributed by atoms with E-state index in [0.29, 0.717) is 67.4 Å². The maximum Gasteiger partial charge on any atom is 0.324 e. The van der Waals surface area contributed by atoms with Crippen LogP contribution >= 0.6 is 0 Å². The monoisotopic (exact) mass is 949 g/mol. The SMILES string of the molecule is CN(CC#Cc1ccc2c(c1)[C@]1(C(=O)N2)[C@H](C(=O)N2CCN(Cc3ccc4c(c3)OCO4)CC2)[C@H]2C(=O)O[C@H](c3ccccc3)[C@H](c3ccccc3)N2[C@@H]1c1cccc(OCCO)c1)Cc1ccccc1. The van der Waals surface area contributed by atoms with Crippen LogP contribution in [-0.4, -0.2) is 108 Å². The Balaban J connectivity index is 1.05. The van der Waals surface area contributed by atoms with E-state index < -0.39 is 47.4 Å². The lowest BCUT2D eigenvalue weighted by Gasteiger charge is -2.46. The third kappa shape index (κ3) is 8.67. The molecule has 0 aliphatic carbocycles. The van der Waals surface area contributed by atoms with E-state index in [1.54, 1.807) is 6.07 Å². The summed E-state index contributed by atoms with van der Waals surface area (Å²) in [6.07, 6.45) is -0.807. The highest BCUT2D eigenvalue weighted by molar-refractivity contribution is 6.12. The Morgan fingerprint density at radius 2 is 1.49 bits per heavy atom. The summed E-state index contributed by atoms with van der Waals surface area (Å²) in [7, 11) is 2.03. The van der Waals surface area contributed by atoms with Gasteiger partial charge in [-0.1, -0.05) is 121 Å². The summed E-state index contributed by atoms with van der Waals surface area (Å²) in [5, 5.41) is 13.1. The van der Waals surface area contributed by atoms with Crippen molar-refractivity contribution >= 4 is 23.5 Å². The summed E-state index contributed by atoms with van der Waals surface area (Å²) in [5.41, 5.74) is 4.67. The van der Waals surface area contributed by atoms with Crippen molar-refractivity contribution in [3.63, 3.8) is 0 Å². The number of esters is 1. The fraction of sp³-hybridized carbons (Fsp3) is 0.293. The molecule has 5 heterocycles. The molecule has 5 aliphatic heterocycles. The first kappa shape index (κ1) is 45.9. The number of morpholine rings is 1. The Hall–Kier alpha value is -7.47. The van der Waals surface area contributed by atoms with Gasteiger partial charge in [0, 0.05) is 50.5 Å². The van der Waals surface area contributed by atoms with Crippen molar-refractivity contribution < 1.29 is 38.4 Å². The van der Waals surface area contributed by atoms with Crippen LogP contribution in [0.25, 0.3) is 0 Å². The molecule has 13 heteroatoms. The van der Waals surface area contributed by atoms with E-state index in [9.17, 15) is 5.11 Å². The normalized spacial score (nSPS) is 23.4. The number of carbonyl (C=O) groups excluding carboxylic acids is 3. The second-order valence-corrected chi connectivity index (χ2v) is 18.9. The lowest BCUT2D eigenvalue weighted by atomic mass is 9.65. The molecule has 3 saturated heterocycles. The first-order valence-electron chi connectivity index (χ1n) is 24.3. The van der Waals surface area contributed by atoms with Gasteiger partial charge in [-0.05, 0) is 82.9 Å². The largest absolute Gasteiger partial charge is 0.491 e. The number of amides is 2. The molecule has 0 saturated carbocycles. The minimum Gasteiger partial charge on any atom is -0.491 e. The van der Waals surface area contributed by atoms with Gasteiger partial charge in [-0.2, -0.15) is 0 Å². The van der Waals surface area contributed by atoms with Gasteiger partial charge in [0.15, 0.2) is 11.5 Å². The highest BCUT2D eigenvalue weighted by Gasteiger charge is 2.74. The molecule has 1 spiro atoms. The van der Waals surface area contributed by atoms with Crippen LogP contribution in [0.2, 0.25) is 0 Å². The number of carbonyl (C=O) groups is 3. The molecule has 13 nitrogen and oxygen atoms in total. The molecule has 0 unspecified atom stereocenters. The summed E-state index contributed by atoms with van der Waals surface area (Å²) in [6.45, 7) is 3.78. The number of cyclic esters (lactones) is 1. The fourth-order valence-corrected chi connectivity index (χ4v) is 11.4. The maximum atomic E-state index is 16.1. The molecule has 0 radical (unpaired) electrons. The van der Waals surface area contributed by atoms with E-state index in [4.69, 9.17) is 18.9 Å². The predicted octanol–water partition coefficient (Wildman–Crippen LogP) is 6.89. The molecule has 71 heavy (non-hydrogen) atoms. The molecule has 6 aromatic rings. The molecular formula is C58H55N5O8. The Morgan fingerprint density at radius 3 is 2.25 bits per heavy atom. The lowest BCUT2D eigenvalue weighted by Crippen LogP contribution is -2.58. The molecule has 360 valence electrons. The van der Waals surface area contributed by atoms with Gasteiger partial charge in [-0.3, -0.25) is 29.1 Å². The number of rotatable bonds is 12. The number of aliphatic hydroxyl groups is 1. The zero-order valence-corrected chi connectivity index (χ0v) is 39.5. The Kier molecular flexibility index (Phi) is 12.8. The van der Waals surface area contributed by atoms with Crippen molar-refractivity contribution in [2.75, 3.05) is 65.1 Å². The third-order valence-corrected chi connectivity index (χ3v) is 14.5. The zero-order valence-electron chi connectivity index (χ0n) is 39.5. The van der Waals surface area contributed by atoms with Gasteiger partial charge >= 0.3 is 5.97 Å². The molecule has 5 aliphatic rings. The van der Waals surface area contributed by atoms with Gasteiger partial charge in [0.2, 0.25) is 18.6 Å². The zero-order chi connectivity index (χ0) is 48.5. The number of ether oxygens (including phenoxy) is 4. The highest BCUT2D eigenvalue weighted by Crippen LogP contribution is 2.65.